The molecular formula is C36H37NO11Se. The van der Waals surface area contributed by atoms with E-state index >= 15 is 0 Å². The van der Waals surface area contributed by atoms with Gasteiger partial charge >= 0.3 is 227 Å². The van der Waals surface area contributed by atoms with Gasteiger partial charge in [-0.05, 0) is 6.07 Å². The molecule has 0 radical (unpaired) electrons. The molecule has 1 amide bonds. The van der Waals surface area contributed by atoms with E-state index in [1.165, 1.54) is 32.2 Å². The quantitative estimate of drug-likeness (QED) is 0.131. The maximum absolute atomic E-state index is 13.9. The number of hydrogen-bond donors (Lipinski definition) is 5. The van der Waals surface area contributed by atoms with Crippen LogP contribution < -0.4 is 14.5 Å². The average Bonchev–Trinajstić information content (AvgIpc) is 3.06. The Morgan fingerprint density at radius 3 is 2.41 bits per heavy atom. The number of carbonyl (C=O) groups is 4. The number of nitrogens with one attached hydrogen (secondary N) is 1. The number of carbonyl (C=O) groups excluding carboxylic acids is 4. The van der Waals surface area contributed by atoms with Crippen LogP contribution in [0.3, 0.4) is 0 Å². The summed E-state index contributed by atoms with van der Waals surface area (Å²) in [6.07, 6.45) is -5.19. The van der Waals surface area contributed by atoms with Crippen molar-refractivity contribution in [1.29, 1.82) is 0 Å². The van der Waals surface area contributed by atoms with E-state index in [0.717, 1.165) is 10.0 Å². The molecule has 3 aromatic rings. The minimum atomic E-state index is -2.07. The number of phenolic OH excluding ortho intramolecular Hbond substituents is 2. The monoisotopic (exact) mass is 739 g/mol. The van der Waals surface area contributed by atoms with Crippen molar-refractivity contribution in [3.05, 3.63) is 81.4 Å². The van der Waals surface area contributed by atoms with Crippen molar-refractivity contribution >= 4 is 42.7 Å². The van der Waals surface area contributed by atoms with Gasteiger partial charge in [0.25, 0.3) is 0 Å². The predicted molar refractivity (Wildman–Crippen MR) is 176 cm³/mol. The molecule has 0 spiro atoms. The van der Waals surface area contributed by atoms with Gasteiger partial charge in [-0.15, -0.1) is 0 Å². The van der Waals surface area contributed by atoms with Crippen LogP contribution in [0, 0.1) is 6.92 Å². The van der Waals surface area contributed by atoms with Gasteiger partial charge in [-0.3, -0.25) is 9.59 Å². The van der Waals surface area contributed by atoms with Crippen LogP contribution >= 0.6 is 0 Å². The summed E-state index contributed by atoms with van der Waals surface area (Å²) in [4.78, 5) is 53.3. The number of benzene rings is 3. The Labute approximate surface area is 288 Å². The Kier molecular flexibility index (Phi) is 9.44. The second-order valence-corrected chi connectivity index (χ2v) is 14.9. The van der Waals surface area contributed by atoms with Crippen molar-refractivity contribution in [2.24, 2.45) is 0 Å². The van der Waals surface area contributed by atoms with E-state index < -0.39 is 82.6 Å². The predicted octanol–water partition coefficient (Wildman–Crippen LogP) is 1.94. The topological polar surface area (TPSA) is 189 Å². The molecule has 49 heavy (non-hydrogen) atoms. The van der Waals surface area contributed by atoms with Gasteiger partial charge in [0.15, 0.2) is 5.78 Å². The van der Waals surface area contributed by atoms with Crippen molar-refractivity contribution in [2.75, 3.05) is 7.11 Å². The van der Waals surface area contributed by atoms with Gasteiger partial charge in [0.2, 0.25) is 0 Å². The summed E-state index contributed by atoms with van der Waals surface area (Å²) in [5.74, 6) is -3.60. The number of methoxy groups -OCH3 is 1. The molecule has 0 bridgehead atoms. The zero-order valence-electron chi connectivity index (χ0n) is 27.3. The van der Waals surface area contributed by atoms with E-state index in [1.54, 1.807) is 6.92 Å². The van der Waals surface area contributed by atoms with Gasteiger partial charge in [-0.25, -0.2) is 0 Å². The first-order valence-corrected chi connectivity index (χ1v) is 17.9. The van der Waals surface area contributed by atoms with Crippen LogP contribution in [0.1, 0.15) is 81.3 Å². The first-order chi connectivity index (χ1) is 23.2. The fourth-order valence-electron chi connectivity index (χ4n) is 6.80. The first kappa shape index (κ1) is 34.8. The van der Waals surface area contributed by atoms with Gasteiger partial charge in [0.1, 0.15) is 5.75 Å². The van der Waals surface area contributed by atoms with Crippen molar-refractivity contribution < 1.29 is 53.8 Å². The van der Waals surface area contributed by atoms with Crippen LogP contribution in [-0.2, 0) is 25.5 Å². The van der Waals surface area contributed by atoms with E-state index in [2.05, 4.69) is 5.32 Å². The Morgan fingerprint density at radius 1 is 1.04 bits per heavy atom. The number of aromatic hydroxyl groups is 2. The molecule has 258 valence electrons. The molecule has 0 unspecified atom stereocenters. The second kappa shape index (κ2) is 13.3. The molecule has 0 saturated carbocycles. The maximum atomic E-state index is 13.9. The molecule has 5 N–H and O–H groups in total. The molecule has 6 rings (SSSR count). The Hall–Kier alpha value is -4.10. The van der Waals surface area contributed by atoms with Crippen molar-refractivity contribution in [2.45, 2.75) is 81.6 Å². The average molecular weight is 739 g/mol. The van der Waals surface area contributed by atoms with E-state index in [4.69, 9.17) is 14.2 Å². The number of ketones is 3. The second-order valence-electron chi connectivity index (χ2n) is 12.7. The van der Waals surface area contributed by atoms with E-state index in [9.17, 15) is 39.6 Å². The van der Waals surface area contributed by atoms with Gasteiger partial charge in [0, 0.05) is 5.56 Å². The number of Topliss-reactive ketones (excluding diaryl/α,β-unsaturated/α-hetero) is 1. The molecule has 12 nitrogen and oxygen atoms in total. The van der Waals surface area contributed by atoms with Crippen LogP contribution in [0.25, 0.3) is 0 Å². The minimum absolute atomic E-state index is 0.0290. The molecule has 6 atom stereocenters. The fraction of sp³-hybridized carbons (Fsp3) is 0.389. The molecule has 2 aliphatic carbocycles. The van der Waals surface area contributed by atoms with Crippen molar-refractivity contribution in [3.63, 3.8) is 0 Å². The van der Waals surface area contributed by atoms with Crippen LogP contribution in [-0.4, -0.2) is 95.9 Å². The molecule has 1 heterocycles. The number of aryl methyl sites for hydroxylation is 1. The number of fused-ring (bicyclic) bond motifs is 3. The van der Waals surface area contributed by atoms with Gasteiger partial charge < -0.3 is 4.74 Å². The summed E-state index contributed by atoms with van der Waals surface area (Å²) in [7, 11) is 1.34. The third kappa shape index (κ3) is 6.27. The third-order valence-electron chi connectivity index (χ3n) is 9.49. The number of aliphatic hydroxyl groups is 2. The summed E-state index contributed by atoms with van der Waals surface area (Å²) < 4.78 is 18.6. The van der Waals surface area contributed by atoms with Crippen LogP contribution in [0.2, 0.25) is 5.32 Å². The summed E-state index contributed by atoms with van der Waals surface area (Å²) in [6.45, 7) is 4.76. The number of rotatable bonds is 8. The summed E-state index contributed by atoms with van der Waals surface area (Å²) >= 11 is -0.139. The number of ether oxygens (including phenoxy) is 3. The summed E-state index contributed by atoms with van der Waals surface area (Å²) in [6, 6.07) is 11.6. The molecule has 3 aromatic carbocycles. The standard InChI is InChI=1S/C36H37NO11Se/c1-16-8-10-19(11-9-16)49-15-25(39)37-22-12-26(47-17(2)31(22)40)48-24-14-36(45,18(3)38)13-21-28(24)35(44)30-29(33(21)42)32(41)20-6-5-7-23(46-4)27(20)34(30)43/h5-11,17,22,24,26,31,40,42,44-45H,12-15H2,1-4H3,(H,37,39)/t17-,22-,24-,26-,31-,36-/m0/s1. The Bertz CT molecular complexity index is 1860. The summed E-state index contributed by atoms with van der Waals surface area (Å²) in [5.41, 5.74) is -2.16. The van der Waals surface area contributed by atoms with E-state index in [1.807, 2.05) is 31.2 Å². The SMILES string of the molecule is COc1cccc2c1C(=O)c1c(O)c3c(c(O)c1C2=O)C[C@@](O)(C(C)=O)C[C@@H]3O[C@H]1C[C@H](NC(=O)C[Se]c2ccc(C)cc2)[C@@H](O)[C@H](C)O1. The molecular weight excluding hydrogens is 701 g/mol. The van der Waals surface area contributed by atoms with Crippen LogP contribution in [0.15, 0.2) is 42.5 Å². The molecule has 1 saturated heterocycles. The van der Waals surface area contributed by atoms with Crippen LogP contribution in [0.5, 0.6) is 17.2 Å². The molecule has 13 heteroatoms. The molecule has 3 aliphatic rings. The van der Waals surface area contributed by atoms with Crippen molar-refractivity contribution in [1.82, 2.24) is 5.32 Å². The van der Waals surface area contributed by atoms with E-state index in [-0.39, 0.29) is 67.0 Å². The van der Waals surface area contributed by atoms with Gasteiger partial charge in [-0.1, -0.05) is 12.1 Å². The number of aliphatic hydroxyl groups excluding tert-OH is 1. The number of amides is 1. The van der Waals surface area contributed by atoms with Crippen LogP contribution in [0.4, 0.5) is 0 Å². The Balaban J connectivity index is 1.31. The van der Waals surface area contributed by atoms with Gasteiger partial charge in [-0.2, -0.15) is 0 Å². The summed E-state index contributed by atoms with van der Waals surface area (Å²) in [5, 5.41) is 48.7. The van der Waals surface area contributed by atoms with Gasteiger partial charge in [0.05, 0.1) is 12.7 Å². The third-order valence-corrected chi connectivity index (χ3v) is 11.6. The molecule has 1 fully saturated rings. The van der Waals surface area contributed by atoms with E-state index in [0.29, 0.717) is 0 Å². The fourth-order valence-corrected chi connectivity index (χ4v) is 8.29. The Morgan fingerprint density at radius 2 is 1.73 bits per heavy atom. The first-order valence-electron chi connectivity index (χ1n) is 15.8. The molecule has 0 aromatic heterocycles. The zero-order valence-corrected chi connectivity index (χ0v) is 29.0. The normalized spacial score (nSPS) is 26.0. The zero-order chi connectivity index (χ0) is 35.4. The number of phenols is 2. The number of hydrogen-bond acceptors (Lipinski definition) is 11. The molecule has 1 aliphatic heterocycles. The van der Waals surface area contributed by atoms with Crippen molar-refractivity contribution in [3.8, 4) is 17.2 Å².